The van der Waals surface area contributed by atoms with E-state index in [9.17, 15) is 70.2 Å². The highest BCUT2D eigenvalue weighted by Gasteiger charge is 2.94. The molecule has 0 aromatic heterocycles. The van der Waals surface area contributed by atoms with Gasteiger partial charge in [0.2, 0.25) is 0 Å². The third kappa shape index (κ3) is 4.86. The predicted molar refractivity (Wildman–Crippen MR) is 73.2 cm³/mol. The van der Waals surface area contributed by atoms with Crippen LogP contribution in [0.5, 0.6) is 0 Å². The summed E-state index contributed by atoms with van der Waals surface area (Å²) in [6.45, 7) is -3.76. The van der Waals surface area contributed by atoms with E-state index < -0.39 is 80.1 Å². The van der Waals surface area contributed by atoms with E-state index in [0.717, 1.165) is 0 Å². The Morgan fingerprint density at radius 1 is 0.735 bits per heavy atom. The third-order valence-electron chi connectivity index (χ3n) is 4.21. The maximum absolute atomic E-state index is 13.6. The van der Waals surface area contributed by atoms with Gasteiger partial charge in [0, 0.05) is 0 Å². The first-order valence-corrected chi connectivity index (χ1v) is 8.36. The molecule has 0 bridgehead atoms. The Labute approximate surface area is 177 Å². The smallest absolute Gasteiger partial charge is 0.394 e. The monoisotopic (exact) mass is 548 g/mol. The first-order valence-electron chi connectivity index (χ1n) is 8.36. The molecule has 20 heteroatoms. The van der Waals surface area contributed by atoms with E-state index in [2.05, 4.69) is 14.2 Å². The number of hydrogen-bond acceptors (Lipinski definition) is 4. The lowest BCUT2D eigenvalue weighted by Crippen LogP contribution is -2.74. The molecular weight excluding hydrogens is 536 g/mol. The minimum atomic E-state index is -8.49. The van der Waals surface area contributed by atoms with Crippen molar-refractivity contribution in [1.82, 2.24) is 0 Å². The summed E-state index contributed by atoms with van der Waals surface area (Å²) in [4.78, 5) is 0. The number of aliphatic hydroxyl groups excluding tert-OH is 1. The topological polar surface area (TPSA) is 51.2 Å². The molecule has 0 amide bonds. The molecule has 34 heavy (non-hydrogen) atoms. The molecule has 4 nitrogen and oxygen atoms in total. The van der Waals surface area contributed by atoms with Crippen LogP contribution in [0.25, 0.3) is 0 Å². The molecule has 2 atom stereocenters. The van der Waals surface area contributed by atoms with Gasteiger partial charge in [0.1, 0.15) is 12.2 Å². The van der Waals surface area contributed by atoms with Gasteiger partial charge in [-0.25, -0.2) is 8.78 Å². The van der Waals surface area contributed by atoms with Gasteiger partial charge in [-0.3, -0.25) is 0 Å². The van der Waals surface area contributed by atoms with Gasteiger partial charge < -0.3 is 19.3 Å². The van der Waals surface area contributed by atoms with Gasteiger partial charge in [-0.15, -0.1) is 0 Å². The van der Waals surface area contributed by atoms with Crippen LogP contribution in [0, 0.1) is 0 Å². The first kappa shape index (κ1) is 30.8. The lowest BCUT2D eigenvalue weighted by Gasteiger charge is -2.42. The van der Waals surface area contributed by atoms with Crippen LogP contribution in [-0.2, 0) is 14.2 Å². The molecule has 1 heterocycles. The molecule has 1 aliphatic rings. The van der Waals surface area contributed by atoms with Crippen molar-refractivity contribution < 1.29 is 89.6 Å². The van der Waals surface area contributed by atoms with Gasteiger partial charge in [-0.2, -0.15) is 61.5 Å². The first-order chi connectivity index (χ1) is 15.0. The van der Waals surface area contributed by atoms with Crippen LogP contribution in [0.15, 0.2) is 0 Å². The molecule has 1 fully saturated rings. The summed E-state index contributed by atoms with van der Waals surface area (Å²) in [5, 5.41) is 8.80. The zero-order valence-electron chi connectivity index (χ0n) is 15.8. The second-order valence-electron chi connectivity index (χ2n) is 6.72. The summed E-state index contributed by atoms with van der Waals surface area (Å²) >= 11 is 0. The van der Waals surface area contributed by atoms with Gasteiger partial charge in [-0.1, -0.05) is 0 Å². The number of halogens is 16. The summed E-state index contributed by atoms with van der Waals surface area (Å²) in [5.74, 6) is -48.7. The van der Waals surface area contributed by atoms with E-state index in [4.69, 9.17) is 5.11 Å². The van der Waals surface area contributed by atoms with Gasteiger partial charge in [0.25, 0.3) is 0 Å². The second-order valence-corrected chi connectivity index (χ2v) is 6.72. The second kappa shape index (κ2) is 9.30. The highest BCUT2D eigenvalue weighted by Crippen LogP contribution is 2.62. The highest BCUT2D eigenvalue weighted by atomic mass is 19.4. The van der Waals surface area contributed by atoms with Crippen molar-refractivity contribution in [1.29, 1.82) is 0 Å². The van der Waals surface area contributed by atoms with Crippen molar-refractivity contribution in [2.45, 2.75) is 60.3 Å². The fourth-order valence-corrected chi connectivity index (χ4v) is 1.97. The molecule has 1 N–H and O–H groups in total. The maximum Gasteiger partial charge on any atom is 0.426 e. The Kier molecular flexibility index (Phi) is 8.42. The van der Waals surface area contributed by atoms with Gasteiger partial charge >= 0.3 is 48.1 Å². The Morgan fingerprint density at radius 2 is 1.15 bits per heavy atom. The van der Waals surface area contributed by atoms with Crippen molar-refractivity contribution in [3.05, 3.63) is 0 Å². The molecule has 0 spiro atoms. The molecular formula is C14H12F16O4. The average molecular weight is 548 g/mol. The largest absolute Gasteiger partial charge is 0.426 e. The summed E-state index contributed by atoms with van der Waals surface area (Å²) in [6, 6.07) is 0. The van der Waals surface area contributed by atoms with Crippen molar-refractivity contribution in [3.63, 3.8) is 0 Å². The van der Waals surface area contributed by atoms with Crippen LogP contribution in [0.1, 0.15) is 0 Å². The average Bonchev–Trinajstić information content (AvgIpc) is 3.51. The Bertz CT molecular complexity index is 693. The van der Waals surface area contributed by atoms with Crippen LogP contribution < -0.4 is 0 Å². The molecule has 0 aromatic carbocycles. The summed E-state index contributed by atoms with van der Waals surface area (Å²) in [5.41, 5.74) is 0. The van der Waals surface area contributed by atoms with E-state index in [1.54, 1.807) is 0 Å². The predicted octanol–water partition coefficient (Wildman–Crippen LogP) is 4.45. The van der Waals surface area contributed by atoms with Crippen LogP contribution in [0.2, 0.25) is 0 Å². The Hall–Kier alpha value is -1.28. The van der Waals surface area contributed by atoms with E-state index in [0.29, 0.717) is 0 Å². The minimum Gasteiger partial charge on any atom is -0.394 e. The van der Waals surface area contributed by atoms with Crippen LogP contribution >= 0.6 is 0 Å². The quantitative estimate of drug-likeness (QED) is 0.258. The Morgan fingerprint density at radius 3 is 1.53 bits per heavy atom. The fraction of sp³-hybridized carbons (Fsp3) is 1.00. The van der Waals surface area contributed by atoms with Crippen LogP contribution in [0.4, 0.5) is 70.2 Å². The lowest BCUT2D eigenvalue weighted by molar-refractivity contribution is -0.470. The van der Waals surface area contributed by atoms with Gasteiger partial charge in [-0.05, 0) is 0 Å². The summed E-state index contributed by atoms with van der Waals surface area (Å²) < 4.78 is 222. The fourth-order valence-electron chi connectivity index (χ4n) is 1.97. The molecule has 2 unspecified atom stereocenters. The molecule has 1 aliphatic heterocycles. The highest BCUT2D eigenvalue weighted by molar-refractivity contribution is 5.13. The lowest BCUT2D eigenvalue weighted by atomic mass is 9.91. The van der Waals surface area contributed by atoms with Crippen molar-refractivity contribution in [2.75, 3.05) is 26.4 Å². The number of hydrogen-bond donors (Lipinski definition) is 1. The van der Waals surface area contributed by atoms with E-state index >= 15 is 0 Å². The van der Waals surface area contributed by atoms with Crippen molar-refractivity contribution in [3.8, 4) is 0 Å². The van der Waals surface area contributed by atoms with E-state index in [1.807, 2.05) is 0 Å². The molecule has 0 aromatic rings. The van der Waals surface area contributed by atoms with Crippen LogP contribution in [-0.4, -0.2) is 91.8 Å². The molecule has 0 aliphatic carbocycles. The SMILES string of the molecule is OCC(COC(F)(F)C(F)(F)C(F)(F)C(F)(F)C(F)(F)C(F)(F)C(F)(F)C(F)F)OCC1CO1. The van der Waals surface area contributed by atoms with Gasteiger partial charge in [0.05, 0.1) is 26.4 Å². The minimum absolute atomic E-state index is 0.0675. The molecule has 1 saturated heterocycles. The number of epoxide rings is 1. The van der Waals surface area contributed by atoms with E-state index in [1.165, 1.54) is 0 Å². The summed E-state index contributed by atoms with van der Waals surface area (Å²) in [6.07, 6.45) is -15.5. The zero-order valence-corrected chi connectivity index (χ0v) is 15.8. The van der Waals surface area contributed by atoms with Crippen molar-refractivity contribution >= 4 is 0 Å². The van der Waals surface area contributed by atoms with E-state index in [-0.39, 0.29) is 6.61 Å². The van der Waals surface area contributed by atoms with Crippen molar-refractivity contribution in [2.24, 2.45) is 0 Å². The molecule has 0 saturated carbocycles. The Balaban J connectivity index is 3.25. The normalized spacial score (nSPS) is 20.1. The van der Waals surface area contributed by atoms with Gasteiger partial charge in [0.15, 0.2) is 0 Å². The number of ether oxygens (including phenoxy) is 3. The maximum atomic E-state index is 13.6. The molecule has 204 valence electrons. The summed E-state index contributed by atoms with van der Waals surface area (Å²) in [7, 11) is 0. The third-order valence-corrected chi connectivity index (χ3v) is 4.21. The molecule has 0 radical (unpaired) electrons. The molecule has 1 rings (SSSR count). The van der Waals surface area contributed by atoms with Crippen LogP contribution in [0.3, 0.4) is 0 Å². The number of alkyl halides is 16. The number of aliphatic hydroxyl groups is 1. The zero-order chi connectivity index (χ0) is 27.2. The standard InChI is InChI=1S/C14H12F16O4/c15-7(16)8(17,18)9(19,20)10(21,22)11(23,24)12(25,26)13(27,28)14(29,30)34-4-5(1-31)32-2-6-3-33-6/h5-7,31H,1-4H2. The number of rotatable bonds is 14.